The van der Waals surface area contributed by atoms with Gasteiger partial charge in [0.05, 0.1) is 26.1 Å². The maximum absolute atomic E-state index is 12.6. The van der Waals surface area contributed by atoms with E-state index in [4.69, 9.17) is 25.8 Å². The molecule has 1 heterocycles. The minimum atomic E-state index is -0.734. The molecule has 166 valence electrons. The van der Waals surface area contributed by atoms with Crippen LogP contribution in [-0.4, -0.2) is 31.1 Å². The van der Waals surface area contributed by atoms with Gasteiger partial charge in [0.15, 0.2) is 0 Å². The second-order valence-corrected chi connectivity index (χ2v) is 7.18. The van der Waals surface area contributed by atoms with Crippen LogP contribution in [0, 0.1) is 13.8 Å². The number of hydrogen-bond acceptors (Lipinski definition) is 6. The van der Waals surface area contributed by atoms with Gasteiger partial charge in [-0.3, -0.25) is 10.1 Å². The van der Waals surface area contributed by atoms with E-state index in [0.29, 0.717) is 22.3 Å². The van der Waals surface area contributed by atoms with Crippen LogP contribution in [0.5, 0.6) is 23.1 Å². The summed E-state index contributed by atoms with van der Waals surface area (Å²) in [5, 5.41) is 5.48. The fourth-order valence-corrected chi connectivity index (χ4v) is 3.11. The SMILES string of the molecule is COc1cccc(OC)c1C(=O)NC(=O)Nc1ccc(Oc2cc(C)c(Cl)c(C)c2)nc1. The Morgan fingerprint density at radius 1 is 0.969 bits per heavy atom. The molecule has 0 fully saturated rings. The maximum atomic E-state index is 12.6. The van der Waals surface area contributed by atoms with Gasteiger partial charge in [-0.05, 0) is 55.3 Å². The van der Waals surface area contributed by atoms with E-state index in [1.807, 2.05) is 26.0 Å². The van der Waals surface area contributed by atoms with Crippen molar-refractivity contribution < 1.29 is 23.8 Å². The first-order chi connectivity index (χ1) is 15.3. The number of rotatable bonds is 6. The van der Waals surface area contributed by atoms with E-state index >= 15 is 0 Å². The van der Waals surface area contributed by atoms with E-state index in [-0.39, 0.29) is 17.1 Å². The largest absolute Gasteiger partial charge is 0.496 e. The van der Waals surface area contributed by atoms with Crippen LogP contribution in [0.25, 0.3) is 0 Å². The molecule has 8 nitrogen and oxygen atoms in total. The first-order valence-electron chi connectivity index (χ1n) is 9.56. The van der Waals surface area contributed by atoms with Crippen molar-refractivity contribution in [3.63, 3.8) is 0 Å². The molecule has 0 bridgehead atoms. The molecule has 9 heteroatoms. The Kier molecular flexibility index (Phi) is 7.17. The predicted octanol–water partition coefficient (Wildman–Crippen LogP) is 5.12. The number of nitrogens with one attached hydrogen (secondary N) is 2. The topological polar surface area (TPSA) is 98.8 Å². The number of carbonyl (C=O) groups is 2. The first kappa shape index (κ1) is 22.9. The summed E-state index contributed by atoms with van der Waals surface area (Å²) >= 11 is 6.18. The van der Waals surface area contributed by atoms with Crippen LogP contribution in [0.1, 0.15) is 21.5 Å². The van der Waals surface area contributed by atoms with Crippen LogP contribution in [0.15, 0.2) is 48.7 Å². The number of amides is 3. The number of pyridine rings is 1. The minimum Gasteiger partial charge on any atom is -0.496 e. The molecule has 0 aliphatic carbocycles. The molecule has 0 atom stereocenters. The van der Waals surface area contributed by atoms with Crippen LogP contribution in [-0.2, 0) is 0 Å². The van der Waals surface area contributed by atoms with Crippen molar-refractivity contribution in [1.29, 1.82) is 0 Å². The minimum absolute atomic E-state index is 0.114. The van der Waals surface area contributed by atoms with Crippen LogP contribution < -0.4 is 24.8 Å². The molecule has 3 rings (SSSR count). The van der Waals surface area contributed by atoms with Gasteiger partial charge in [0.25, 0.3) is 5.91 Å². The number of anilines is 1. The monoisotopic (exact) mass is 455 g/mol. The van der Waals surface area contributed by atoms with E-state index in [1.54, 1.807) is 30.3 Å². The van der Waals surface area contributed by atoms with Crippen molar-refractivity contribution in [1.82, 2.24) is 10.3 Å². The van der Waals surface area contributed by atoms with Gasteiger partial charge in [-0.25, -0.2) is 9.78 Å². The second kappa shape index (κ2) is 10.0. The first-order valence-corrected chi connectivity index (χ1v) is 9.94. The third-order valence-corrected chi connectivity index (χ3v) is 5.10. The van der Waals surface area contributed by atoms with Crippen molar-refractivity contribution >= 4 is 29.2 Å². The lowest BCUT2D eigenvalue weighted by Gasteiger charge is -2.13. The average Bonchev–Trinajstić information content (AvgIpc) is 2.77. The fourth-order valence-electron chi connectivity index (χ4n) is 3.00. The van der Waals surface area contributed by atoms with E-state index < -0.39 is 11.9 Å². The number of ether oxygens (including phenoxy) is 3. The standard InChI is InChI=1S/C23H22ClN3O5/c1-13-10-16(11-14(2)21(13)24)32-19-9-8-15(12-25-19)26-23(29)27-22(28)20-17(30-3)6-5-7-18(20)31-4/h5-12H,1-4H3,(H2,26,27,28,29). The number of methoxy groups -OCH3 is 2. The number of halogens is 1. The number of nitrogens with zero attached hydrogens (tertiary/aromatic N) is 1. The van der Waals surface area contributed by atoms with Crippen LogP contribution in [0.2, 0.25) is 5.02 Å². The van der Waals surface area contributed by atoms with Crippen molar-refractivity contribution in [2.24, 2.45) is 0 Å². The highest BCUT2D eigenvalue weighted by Crippen LogP contribution is 2.29. The molecule has 0 aliphatic heterocycles. The Morgan fingerprint density at radius 2 is 1.59 bits per heavy atom. The third-order valence-electron chi connectivity index (χ3n) is 4.51. The molecule has 0 saturated heterocycles. The fraction of sp³-hybridized carbons (Fsp3) is 0.174. The van der Waals surface area contributed by atoms with Gasteiger partial charge in [-0.2, -0.15) is 0 Å². The van der Waals surface area contributed by atoms with Gasteiger partial charge in [-0.1, -0.05) is 17.7 Å². The third kappa shape index (κ3) is 5.28. The van der Waals surface area contributed by atoms with E-state index in [0.717, 1.165) is 11.1 Å². The molecule has 0 aliphatic rings. The van der Waals surface area contributed by atoms with Crippen molar-refractivity contribution in [2.45, 2.75) is 13.8 Å². The molecule has 0 saturated carbocycles. The Bertz CT molecular complexity index is 1100. The van der Waals surface area contributed by atoms with Gasteiger partial charge in [0.1, 0.15) is 22.8 Å². The lowest BCUT2D eigenvalue weighted by Crippen LogP contribution is -2.34. The molecule has 1 aromatic heterocycles. The average molecular weight is 456 g/mol. The summed E-state index contributed by atoms with van der Waals surface area (Å²) in [6.45, 7) is 3.78. The zero-order valence-electron chi connectivity index (χ0n) is 18.0. The summed E-state index contributed by atoms with van der Waals surface area (Å²) in [6.07, 6.45) is 1.42. The van der Waals surface area contributed by atoms with Gasteiger partial charge in [0, 0.05) is 11.1 Å². The van der Waals surface area contributed by atoms with Crippen molar-refractivity contribution in [2.75, 3.05) is 19.5 Å². The molecule has 3 amide bonds. The quantitative estimate of drug-likeness (QED) is 0.535. The van der Waals surface area contributed by atoms with E-state index in [2.05, 4.69) is 15.6 Å². The molecule has 2 N–H and O–H groups in total. The molecular formula is C23H22ClN3O5. The summed E-state index contributed by atoms with van der Waals surface area (Å²) in [4.78, 5) is 29.0. The summed E-state index contributed by atoms with van der Waals surface area (Å²) < 4.78 is 16.1. The smallest absolute Gasteiger partial charge is 0.326 e. The van der Waals surface area contributed by atoms with Gasteiger partial charge >= 0.3 is 6.03 Å². The number of urea groups is 1. The Balaban J connectivity index is 1.65. The zero-order valence-corrected chi connectivity index (χ0v) is 18.7. The van der Waals surface area contributed by atoms with Crippen LogP contribution >= 0.6 is 11.6 Å². The molecule has 2 aromatic carbocycles. The molecule has 0 spiro atoms. The van der Waals surface area contributed by atoms with Gasteiger partial charge < -0.3 is 19.5 Å². The predicted molar refractivity (Wildman–Crippen MR) is 121 cm³/mol. The second-order valence-electron chi connectivity index (χ2n) is 6.80. The van der Waals surface area contributed by atoms with E-state index in [1.165, 1.54) is 20.4 Å². The Hall–Kier alpha value is -3.78. The van der Waals surface area contributed by atoms with Crippen molar-refractivity contribution in [3.8, 4) is 23.1 Å². The molecule has 0 unspecified atom stereocenters. The Morgan fingerprint density at radius 3 is 2.12 bits per heavy atom. The molecular weight excluding hydrogens is 434 g/mol. The van der Waals surface area contributed by atoms with Crippen LogP contribution in [0.4, 0.5) is 10.5 Å². The van der Waals surface area contributed by atoms with Gasteiger partial charge in [-0.15, -0.1) is 0 Å². The highest BCUT2D eigenvalue weighted by molar-refractivity contribution is 6.32. The summed E-state index contributed by atoms with van der Waals surface area (Å²) in [7, 11) is 2.85. The molecule has 32 heavy (non-hydrogen) atoms. The highest BCUT2D eigenvalue weighted by atomic mass is 35.5. The number of hydrogen-bond donors (Lipinski definition) is 2. The number of carbonyl (C=O) groups excluding carboxylic acids is 2. The summed E-state index contributed by atoms with van der Waals surface area (Å²) in [5.41, 5.74) is 2.28. The molecule has 3 aromatic rings. The lowest BCUT2D eigenvalue weighted by molar-refractivity contribution is 0.0961. The molecule has 0 radical (unpaired) electrons. The number of aromatic nitrogens is 1. The number of imide groups is 1. The summed E-state index contributed by atoms with van der Waals surface area (Å²) in [6, 6.07) is 11.0. The lowest BCUT2D eigenvalue weighted by atomic mass is 10.1. The summed E-state index contributed by atoms with van der Waals surface area (Å²) in [5.74, 6) is 0.841. The van der Waals surface area contributed by atoms with E-state index in [9.17, 15) is 9.59 Å². The highest BCUT2D eigenvalue weighted by Gasteiger charge is 2.20. The number of aryl methyl sites for hydroxylation is 2. The normalized spacial score (nSPS) is 10.3. The van der Waals surface area contributed by atoms with Crippen LogP contribution in [0.3, 0.4) is 0 Å². The zero-order chi connectivity index (χ0) is 23.3. The van der Waals surface area contributed by atoms with Crippen molar-refractivity contribution in [3.05, 3.63) is 70.4 Å². The number of benzene rings is 2. The van der Waals surface area contributed by atoms with Gasteiger partial charge in [0.2, 0.25) is 5.88 Å². The Labute approximate surface area is 190 Å². The maximum Gasteiger partial charge on any atom is 0.326 e.